The molecule has 7 nitrogen and oxygen atoms in total. The lowest BCUT2D eigenvalue weighted by Crippen LogP contribution is -2.32. The van der Waals surface area contributed by atoms with Crippen molar-refractivity contribution in [1.82, 2.24) is 4.90 Å². The summed E-state index contributed by atoms with van der Waals surface area (Å²) in [6, 6.07) is 12.8. The minimum Gasteiger partial charge on any atom is -0.491 e. The van der Waals surface area contributed by atoms with Crippen LogP contribution >= 0.6 is 11.8 Å². The topological polar surface area (TPSA) is 93.1 Å². The second-order valence-corrected chi connectivity index (χ2v) is 8.59. The third-order valence-electron chi connectivity index (χ3n) is 4.79. The Morgan fingerprint density at radius 3 is 2.59 bits per heavy atom. The van der Waals surface area contributed by atoms with Crippen molar-refractivity contribution in [3.63, 3.8) is 0 Å². The van der Waals surface area contributed by atoms with Gasteiger partial charge in [0.05, 0.1) is 11.4 Å². The highest BCUT2D eigenvalue weighted by molar-refractivity contribution is 8.18. The first-order valence-corrected chi connectivity index (χ1v) is 11.0. The lowest BCUT2D eigenvalue weighted by molar-refractivity contribution is -0.139. The lowest BCUT2D eigenvalue weighted by Gasteiger charge is -2.17. The van der Waals surface area contributed by atoms with Crippen LogP contribution in [0.25, 0.3) is 6.08 Å². The van der Waals surface area contributed by atoms with Gasteiger partial charge >= 0.3 is 5.97 Å². The van der Waals surface area contributed by atoms with Crippen LogP contribution in [0, 0.1) is 6.92 Å². The van der Waals surface area contributed by atoms with E-state index in [1.165, 1.54) is 0 Å². The lowest BCUT2D eigenvalue weighted by atomic mass is 10.0. The summed E-state index contributed by atoms with van der Waals surface area (Å²) in [6.07, 6.45) is 1.54. The second kappa shape index (κ2) is 10.4. The Morgan fingerprint density at radius 2 is 1.88 bits per heavy atom. The number of aryl methyl sites for hydroxylation is 1. The number of para-hydroxylation sites is 1. The van der Waals surface area contributed by atoms with Crippen LogP contribution in [0.2, 0.25) is 0 Å². The number of carbonyl (C=O) groups is 3. The SMILES string of the molecule is Cc1ccc(C(C)C)c(OCCN2C(=O)S/C(=C\c3ccccc3OCC(=O)O)C2=O)c1. The average Bonchev–Trinajstić information content (AvgIpc) is 3.00. The molecule has 0 spiro atoms. The summed E-state index contributed by atoms with van der Waals surface area (Å²) in [5.74, 6) is -0.147. The van der Waals surface area contributed by atoms with Crippen LogP contribution in [0.1, 0.15) is 36.5 Å². The molecule has 0 atom stereocenters. The van der Waals surface area contributed by atoms with Crippen molar-refractivity contribution >= 4 is 35.0 Å². The first-order chi connectivity index (χ1) is 15.3. The molecule has 2 amide bonds. The van der Waals surface area contributed by atoms with Crippen molar-refractivity contribution in [3.05, 3.63) is 64.1 Å². The molecule has 0 aliphatic carbocycles. The molecule has 0 unspecified atom stereocenters. The Balaban J connectivity index is 1.69. The summed E-state index contributed by atoms with van der Waals surface area (Å²) in [5, 5.41) is 8.45. The molecule has 1 heterocycles. The van der Waals surface area contributed by atoms with E-state index in [-0.39, 0.29) is 29.2 Å². The third kappa shape index (κ3) is 5.70. The van der Waals surface area contributed by atoms with Crippen molar-refractivity contribution in [2.24, 2.45) is 0 Å². The fraction of sp³-hybridized carbons (Fsp3) is 0.292. The van der Waals surface area contributed by atoms with Crippen molar-refractivity contribution in [3.8, 4) is 11.5 Å². The summed E-state index contributed by atoms with van der Waals surface area (Å²) >= 11 is 0.838. The van der Waals surface area contributed by atoms with Crippen LogP contribution in [0.4, 0.5) is 4.79 Å². The number of thioether (sulfide) groups is 1. The highest BCUT2D eigenvalue weighted by atomic mass is 32.2. The maximum Gasteiger partial charge on any atom is 0.341 e. The first kappa shape index (κ1) is 23.4. The molecule has 32 heavy (non-hydrogen) atoms. The molecular formula is C24H25NO6S. The number of aliphatic carboxylic acids is 1. The number of carboxylic acids is 1. The Morgan fingerprint density at radius 1 is 1.12 bits per heavy atom. The van der Waals surface area contributed by atoms with Crippen molar-refractivity contribution in [2.45, 2.75) is 26.7 Å². The number of ether oxygens (including phenoxy) is 2. The second-order valence-electron chi connectivity index (χ2n) is 7.60. The van der Waals surface area contributed by atoms with Crippen LogP contribution in [0.15, 0.2) is 47.4 Å². The number of imide groups is 1. The Hall–Kier alpha value is -3.26. The van der Waals surface area contributed by atoms with Gasteiger partial charge in [-0.05, 0) is 53.9 Å². The summed E-state index contributed by atoms with van der Waals surface area (Å²) in [6.45, 7) is 5.96. The quantitative estimate of drug-likeness (QED) is 0.548. The van der Waals surface area contributed by atoms with Crippen LogP contribution in [0.5, 0.6) is 11.5 Å². The number of hydrogen-bond donors (Lipinski definition) is 1. The maximum absolute atomic E-state index is 12.8. The molecule has 2 aromatic rings. The van der Waals surface area contributed by atoms with Gasteiger partial charge in [0, 0.05) is 5.56 Å². The minimum atomic E-state index is -1.10. The monoisotopic (exact) mass is 455 g/mol. The zero-order valence-corrected chi connectivity index (χ0v) is 19.0. The smallest absolute Gasteiger partial charge is 0.341 e. The number of carbonyl (C=O) groups excluding carboxylic acids is 2. The maximum atomic E-state index is 12.8. The Kier molecular flexibility index (Phi) is 7.58. The molecule has 0 bridgehead atoms. The molecule has 0 radical (unpaired) electrons. The van der Waals surface area contributed by atoms with Gasteiger partial charge in [0.25, 0.3) is 11.1 Å². The van der Waals surface area contributed by atoms with Crippen LogP contribution in [-0.2, 0) is 9.59 Å². The van der Waals surface area contributed by atoms with E-state index >= 15 is 0 Å². The summed E-state index contributed by atoms with van der Waals surface area (Å²) in [5.41, 5.74) is 2.67. The van der Waals surface area contributed by atoms with Crippen molar-refractivity contribution in [1.29, 1.82) is 0 Å². The van der Waals surface area contributed by atoms with Gasteiger partial charge in [0.2, 0.25) is 0 Å². The molecular weight excluding hydrogens is 430 g/mol. The Labute approximate surface area is 191 Å². The summed E-state index contributed by atoms with van der Waals surface area (Å²) in [4.78, 5) is 37.4. The standard InChI is InChI=1S/C24H25NO6S/c1-15(2)18-9-8-16(3)12-20(18)30-11-10-25-23(28)21(32-24(25)29)13-17-6-4-5-7-19(17)31-14-22(26)27/h4-9,12-13,15H,10-11,14H2,1-3H3,(H,26,27)/b21-13-. The molecule has 0 saturated carbocycles. The number of rotatable bonds is 9. The fourth-order valence-corrected chi connectivity index (χ4v) is 4.05. The molecule has 1 saturated heterocycles. The minimum absolute atomic E-state index is 0.130. The summed E-state index contributed by atoms with van der Waals surface area (Å²) < 4.78 is 11.2. The average molecular weight is 456 g/mol. The normalized spacial score (nSPS) is 15.0. The van der Waals surface area contributed by atoms with Crippen LogP contribution in [0.3, 0.4) is 0 Å². The van der Waals surface area contributed by atoms with E-state index in [0.717, 1.165) is 33.5 Å². The molecule has 1 aliphatic rings. The van der Waals surface area contributed by atoms with Gasteiger partial charge in [0.15, 0.2) is 6.61 Å². The predicted molar refractivity (Wildman–Crippen MR) is 123 cm³/mol. The van der Waals surface area contributed by atoms with E-state index in [0.29, 0.717) is 11.3 Å². The van der Waals surface area contributed by atoms with Gasteiger partial charge < -0.3 is 14.6 Å². The highest BCUT2D eigenvalue weighted by Crippen LogP contribution is 2.34. The third-order valence-corrected chi connectivity index (χ3v) is 5.70. The molecule has 168 valence electrons. The number of nitrogens with zero attached hydrogens (tertiary/aromatic N) is 1. The molecule has 1 aliphatic heterocycles. The highest BCUT2D eigenvalue weighted by Gasteiger charge is 2.35. The predicted octanol–water partition coefficient (Wildman–Crippen LogP) is 4.70. The largest absolute Gasteiger partial charge is 0.491 e. The van der Waals surface area contributed by atoms with Crippen molar-refractivity contribution in [2.75, 3.05) is 19.8 Å². The first-order valence-electron chi connectivity index (χ1n) is 10.2. The fourth-order valence-electron chi connectivity index (χ4n) is 3.20. The molecule has 8 heteroatoms. The number of carboxylic acid groups (broad SMARTS) is 1. The summed E-state index contributed by atoms with van der Waals surface area (Å²) in [7, 11) is 0. The number of benzene rings is 2. The molecule has 3 rings (SSSR count). The van der Waals surface area contributed by atoms with Crippen molar-refractivity contribution < 1.29 is 29.0 Å². The van der Waals surface area contributed by atoms with Gasteiger partial charge in [0.1, 0.15) is 18.1 Å². The van der Waals surface area contributed by atoms with E-state index in [9.17, 15) is 14.4 Å². The van der Waals surface area contributed by atoms with Gasteiger partial charge in [-0.15, -0.1) is 0 Å². The van der Waals surface area contributed by atoms with Crippen LogP contribution in [-0.4, -0.2) is 46.9 Å². The van der Waals surface area contributed by atoms with Crippen LogP contribution < -0.4 is 9.47 Å². The zero-order chi connectivity index (χ0) is 23.3. The van der Waals surface area contributed by atoms with Gasteiger partial charge in [-0.25, -0.2) is 4.79 Å². The van der Waals surface area contributed by atoms with Gasteiger partial charge in [-0.3, -0.25) is 14.5 Å². The number of amides is 2. The molecule has 0 aromatic heterocycles. The van der Waals surface area contributed by atoms with Gasteiger partial charge in [-0.2, -0.15) is 0 Å². The molecule has 1 fully saturated rings. The van der Waals surface area contributed by atoms with E-state index in [2.05, 4.69) is 13.8 Å². The molecule has 1 N–H and O–H groups in total. The van der Waals surface area contributed by atoms with E-state index in [1.807, 2.05) is 25.1 Å². The zero-order valence-electron chi connectivity index (χ0n) is 18.2. The molecule has 2 aromatic carbocycles. The van der Waals surface area contributed by atoms with E-state index < -0.39 is 18.5 Å². The van der Waals surface area contributed by atoms with Gasteiger partial charge in [-0.1, -0.05) is 44.2 Å². The Bertz CT molecular complexity index is 1060. The van der Waals surface area contributed by atoms with E-state index in [4.69, 9.17) is 14.6 Å². The number of hydrogen-bond acceptors (Lipinski definition) is 6. The van der Waals surface area contributed by atoms with E-state index in [1.54, 1.807) is 30.3 Å².